The SMILES string of the molecule is CCC1NC(=O)C(CC)N(C(C)c2ccncc2)C1=O. The number of amides is 2. The van der Waals surface area contributed by atoms with E-state index in [4.69, 9.17) is 0 Å². The molecule has 0 radical (unpaired) electrons. The van der Waals surface area contributed by atoms with Crippen LogP contribution in [0.15, 0.2) is 24.5 Å². The van der Waals surface area contributed by atoms with Crippen molar-refractivity contribution in [1.82, 2.24) is 15.2 Å². The van der Waals surface area contributed by atoms with Crippen LogP contribution in [0.2, 0.25) is 0 Å². The summed E-state index contributed by atoms with van der Waals surface area (Å²) in [6, 6.07) is 2.84. The Morgan fingerprint density at radius 3 is 2.45 bits per heavy atom. The van der Waals surface area contributed by atoms with Crippen molar-refractivity contribution < 1.29 is 9.59 Å². The van der Waals surface area contributed by atoms with Crippen molar-refractivity contribution in [3.63, 3.8) is 0 Å². The Balaban J connectivity index is 2.33. The van der Waals surface area contributed by atoms with E-state index in [1.165, 1.54) is 0 Å². The van der Waals surface area contributed by atoms with Gasteiger partial charge in [0.2, 0.25) is 11.8 Å². The number of rotatable bonds is 4. The van der Waals surface area contributed by atoms with Crippen molar-refractivity contribution in [2.45, 2.75) is 51.7 Å². The van der Waals surface area contributed by atoms with Crippen molar-refractivity contribution in [3.8, 4) is 0 Å². The zero-order valence-corrected chi connectivity index (χ0v) is 12.2. The summed E-state index contributed by atoms with van der Waals surface area (Å²) in [6.45, 7) is 5.79. The van der Waals surface area contributed by atoms with Crippen molar-refractivity contribution in [2.75, 3.05) is 0 Å². The summed E-state index contributed by atoms with van der Waals surface area (Å²) in [6.07, 6.45) is 4.64. The average Bonchev–Trinajstić information content (AvgIpc) is 2.48. The number of carbonyl (C=O) groups is 2. The highest BCUT2D eigenvalue weighted by Crippen LogP contribution is 2.27. The fraction of sp³-hybridized carbons (Fsp3) is 0.533. The molecular weight excluding hydrogens is 254 g/mol. The molecule has 0 aliphatic carbocycles. The minimum Gasteiger partial charge on any atom is -0.343 e. The van der Waals surface area contributed by atoms with Crippen molar-refractivity contribution in [1.29, 1.82) is 0 Å². The predicted molar refractivity (Wildman–Crippen MR) is 75.8 cm³/mol. The Morgan fingerprint density at radius 2 is 1.90 bits per heavy atom. The summed E-state index contributed by atoms with van der Waals surface area (Å²) < 4.78 is 0. The molecule has 0 saturated carbocycles. The number of pyridine rings is 1. The fourth-order valence-corrected chi connectivity index (χ4v) is 2.71. The van der Waals surface area contributed by atoms with Gasteiger partial charge in [-0.25, -0.2) is 0 Å². The third-order valence-electron chi connectivity index (χ3n) is 3.91. The zero-order chi connectivity index (χ0) is 14.7. The maximum Gasteiger partial charge on any atom is 0.246 e. The van der Waals surface area contributed by atoms with E-state index in [0.29, 0.717) is 12.8 Å². The topological polar surface area (TPSA) is 62.3 Å². The molecule has 5 nitrogen and oxygen atoms in total. The number of hydrogen-bond donors (Lipinski definition) is 1. The second kappa shape index (κ2) is 6.03. The van der Waals surface area contributed by atoms with Crippen LogP contribution in [0.1, 0.15) is 45.2 Å². The lowest BCUT2D eigenvalue weighted by atomic mass is 9.98. The molecule has 1 saturated heterocycles. The van der Waals surface area contributed by atoms with Crippen molar-refractivity contribution >= 4 is 11.8 Å². The molecule has 1 aromatic heterocycles. The quantitative estimate of drug-likeness (QED) is 0.909. The lowest BCUT2D eigenvalue weighted by Gasteiger charge is -2.42. The van der Waals surface area contributed by atoms with Gasteiger partial charge in [0.15, 0.2) is 0 Å². The van der Waals surface area contributed by atoms with Crippen molar-refractivity contribution in [2.24, 2.45) is 0 Å². The van der Waals surface area contributed by atoms with Gasteiger partial charge in [-0.05, 0) is 37.5 Å². The van der Waals surface area contributed by atoms with Gasteiger partial charge in [-0.15, -0.1) is 0 Å². The van der Waals surface area contributed by atoms with Crippen molar-refractivity contribution in [3.05, 3.63) is 30.1 Å². The molecule has 1 aromatic rings. The van der Waals surface area contributed by atoms with E-state index in [2.05, 4.69) is 10.3 Å². The normalized spacial score (nSPS) is 24.4. The van der Waals surface area contributed by atoms with Gasteiger partial charge >= 0.3 is 0 Å². The molecule has 0 aromatic carbocycles. The van der Waals surface area contributed by atoms with Crippen LogP contribution in [-0.4, -0.2) is 33.8 Å². The van der Waals surface area contributed by atoms with Gasteiger partial charge in [-0.2, -0.15) is 0 Å². The fourth-order valence-electron chi connectivity index (χ4n) is 2.71. The van der Waals surface area contributed by atoms with Crippen LogP contribution in [0, 0.1) is 0 Å². The van der Waals surface area contributed by atoms with E-state index < -0.39 is 12.1 Å². The van der Waals surface area contributed by atoms with Crippen LogP contribution in [0.25, 0.3) is 0 Å². The maximum absolute atomic E-state index is 12.6. The Morgan fingerprint density at radius 1 is 1.25 bits per heavy atom. The van der Waals surface area contributed by atoms with Crippen LogP contribution in [0.4, 0.5) is 0 Å². The number of aromatic nitrogens is 1. The lowest BCUT2D eigenvalue weighted by Crippen LogP contribution is -2.63. The third-order valence-corrected chi connectivity index (χ3v) is 3.91. The van der Waals surface area contributed by atoms with E-state index in [1.807, 2.05) is 32.9 Å². The first-order valence-electron chi connectivity index (χ1n) is 7.12. The molecule has 20 heavy (non-hydrogen) atoms. The minimum atomic E-state index is -0.408. The van der Waals surface area contributed by atoms with E-state index in [0.717, 1.165) is 5.56 Å². The largest absolute Gasteiger partial charge is 0.343 e. The number of piperazine rings is 1. The number of nitrogens with one attached hydrogen (secondary N) is 1. The second-order valence-electron chi connectivity index (χ2n) is 5.10. The van der Waals surface area contributed by atoms with E-state index in [1.54, 1.807) is 17.3 Å². The molecule has 1 N–H and O–H groups in total. The summed E-state index contributed by atoms with van der Waals surface area (Å²) in [7, 11) is 0. The summed E-state index contributed by atoms with van der Waals surface area (Å²) in [4.78, 5) is 30.5. The first-order chi connectivity index (χ1) is 9.60. The molecule has 2 heterocycles. The molecule has 108 valence electrons. The lowest BCUT2D eigenvalue weighted by molar-refractivity contribution is -0.152. The second-order valence-corrected chi connectivity index (χ2v) is 5.10. The molecule has 3 unspecified atom stereocenters. The molecule has 1 fully saturated rings. The molecule has 0 spiro atoms. The Bertz CT molecular complexity index is 489. The Kier molecular flexibility index (Phi) is 4.37. The molecule has 2 rings (SSSR count). The molecule has 1 aliphatic heterocycles. The van der Waals surface area contributed by atoms with Crippen LogP contribution in [0.5, 0.6) is 0 Å². The molecule has 2 amide bonds. The van der Waals surface area contributed by atoms with Gasteiger partial charge in [-0.3, -0.25) is 14.6 Å². The van der Waals surface area contributed by atoms with Crippen LogP contribution in [0.3, 0.4) is 0 Å². The standard InChI is InChI=1S/C15H21N3O2/c1-4-12-15(20)18(13(5-2)14(19)17-12)10(3)11-6-8-16-9-7-11/h6-10,12-13H,4-5H2,1-3H3,(H,17,19). The number of hydrogen-bond acceptors (Lipinski definition) is 3. The van der Waals surface area contributed by atoms with Gasteiger partial charge in [0.05, 0.1) is 6.04 Å². The maximum atomic E-state index is 12.6. The summed E-state index contributed by atoms with van der Waals surface area (Å²) in [5.41, 5.74) is 0.997. The molecule has 1 aliphatic rings. The number of carbonyl (C=O) groups excluding carboxylic acids is 2. The van der Waals surface area contributed by atoms with Crippen LogP contribution in [-0.2, 0) is 9.59 Å². The van der Waals surface area contributed by atoms with Gasteiger partial charge in [-0.1, -0.05) is 13.8 Å². The molecule has 5 heteroatoms. The summed E-state index contributed by atoms with van der Waals surface area (Å²) in [5.74, 6) is -0.0527. The molecule has 0 bridgehead atoms. The Labute approximate surface area is 119 Å². The molecule has 3 atom stereocenters. The zero-order valence-electron chi connectivity index (χ0n) is 12.2. The first-order valence-corrected chi connectivity index (χ1v) is 7.12. The highest BCUT2D eigenvalue weighted by Gasteiger charge is 2.41. The van der Waals surface area contributed by atoms with E-state index in [9.17, 15) is 9.59 Å². The molecular formula is C15H21N3O2. The average molecular weight is 275 g/mol. The summed E-state index contributed by atoms with van der Waals surface area (Å²) in [5, 5.41) is 2.81. The van der Waals surface area contributed by atoms with E-state index in [-0.39, 0.29) is 17.9 Å². The van der Waals surface area contributed by atoms with Crippen LogP contribution >= 0.6 is 0 Å². The number of nitrogens with zero attached hydrogens (tertiary/aromatic N) is 2. The smallest absolute Gasteiger partial charge is 0.246 e. The van der Waals surface area contributed by atoms with Gasteiger partial charge in [0.25, 0.3) is 0 Å². The minimum absolute atomic E-state index is 0.00302. The first kappa shape index (κ1) is 14.5. The van der Waals surface area contributed by atoms with Gasteiger partial charge < -0.3 is 10.2 Å². The van der Waals surface area contributed by atoms with Gasteiger partial charge in [0.1, 0.15) is 12.1 Å². The predicted octanol–water partition coefficient (Wildman–Crippen LogP) is 1.66. The third kappa shape index (κ3) is 2.53. The van der Waals surface area contributed by atoms with Crippen LogP contribution < -0.4 is 5.32 Å². The highest BCUT2D eigenvalue weighted by molar-refractivity contribution is 5.97. The monoisotopic (exact) mass is 275 g/mol. The highest BCUT2D eigenvalue weighted by atomic mass is 16.2. The summed E-state index contributed by atoms with van der Waals surface area (Å²) >= 11 is 0. The Hall–Kier alpha value is -1.91. The van der Waals surface area contributed by atoms with Gasteiger partial charge in [0, 0.05) is 12.4 Å². The van der Waals surface area contributed by atoms with E-state index >= 15 is 0 Å².